The van der Waals surface area contributed by atoms with Crippen molar-refractivity contribution in [2.24, 2.45) is 10.1 Å². The van der Waals surface area contributed by atoms with Gasteiger partial charge in [-0.05, 0) is 59.5 Å². The van der Waals surface area contributed by atoms with E-state index in [0.29, 0.717) is 48.0 Å². The van der Waals surface area contributed by atoms with Crippen LogP contribution in [0.4, 0.5) is 5.69 Å². The van der Waals surface area contributed by atoms with Crippen LogP contribution in [-0.2, 0) is 22.4 Å². The summed E-state index contributed by atoms with van der Waals surface area (Å²) in [5, 5.41) is 12.7. The number of nitrogens with one attached hydrogen (secondary N) is 2. The van der Waals surface area contributed by atoms with E-state index >= 15 is 0 Å². The minimum Gasteiger partial charge on any atom is -0.494 e. The van der Waals surface area contributed by atoms with Crippen LogP contribution in [0.3, 0.4) is 0 Å². The number of hydrogen-bond donors (Lipinski definition) is 3. The maximum atomic E-state index is 13.6. The Morgan fingerprint density at radius 2 is 1.92 bits per heavy atom. The molecule has 1 aliphatic rings. The zero-order chi connectivity index (χ0) is 27.5. The molecule has 1 atom stereocenters. The molecule has 3 aromatic rings. The summed E-state index contributed by atoms with van der Waals surface area (Å²) in [5.41, 5.74) is 16.5. The van der Waals surface area contributed by atoms with Crippen LogP contribution in [0.2, 0.25) is 0 Å². The van der Waals surface area contributed by atoms with Gasteiger partial charge >= 0.3 is 0 Å². The van der Waals surface area contributed by atoms with Crippen molar-refractivity contribution in [3.63, 3.8) is 0 Å². The highest BCUT2D eigenvalue weighted by Crippen LogP contribution is 2.31. The molecule has 39 heavy (non-hydrogen) atoms. The van der Waals surface area contributed by atoms with Crippen LogP contribution in [-0.4, -0.2) is 48.8 Å². The topological polar surface area (TPSA) is 141 Å². The number of carbonyl (C=O) groups is 1. The van der Waals surface area contributed by atoms with Crippen LogP contribution in [0.15, 0.2) is 87.4 Å². The molecule has 0 saturated carbocycles. The molecule has 3 N–H and O–H groups in total. The van der Waals surface area contributed by atoms with E-state index in [1.54, 1.807) is 24.3 Å². The number of aliphatic hydroxyl groups is 1. The average molecular weight is 593 g/mol. The molecular weight excluding hydrogens is 564 g/mol. The molecule has 0 saturated heterocycles. The van der Waals surface area contributed by atoms with E-state index in [4.69, 9.17) is 25.1 Å². The number of nitrogens with zero attached hydrogens (tertiary/aromatic N) is 4. The molecule has 0 spiro atoms. The first-order valence-corrected chi connectivity index (χ1v) is 13.3. The Morgan fingerprint density at radius 1 is 1.15 bits per heavy atom. The third-order valence-corrected chi connectivity index (χ3v) is 6.67. The first-order valence-electron chi connectivity index (χ1n) is 12.5. The summed E-state index contributed by atoms with van der Waals surface area (Å²) < 4.78 is 12.6. The number of halogens is 1. The summed E-state index contributed by atoms with van der Waals surface area (Å²) in [4.78, 5) is 21.2. The monoisotopic (exact) mass is 592 g/mol. The molecular formula is C28H29BrN6O4. The van der Waals surface area contributed by atoms with Gasteiger partial charge in [-0.1, -0.05) is 57.4 Å². The summed E-state index contributed by atoms with van der Waals surface area (Å²) in [6.07, 6.45) is 1.44. The number of aliphatic imine (C=N–C) groups is 1. The predicted molar refractivity (Wildman–Crippen MR) is 152 cm³/mol. The third-order valence-electron chi connectivity index (χ3n) is 6.14. The summed E-state index contributed by atoms with van der Waals surface area (Å²) in [5.74, 6) is 0.643. The number of amides is 1. The fourth-order valence-electron chi connectivity index (χ4n) is 4.07. The zero-order valence-corrected chi connectivity index (χ0v) is 22.8. The highest BCUT2D eigenvalue weighted by Gasteiger charge is 2.45. The molecule has 11 heteroatoms. The molecule has 3 aromatic carbocycles. The first-order chi connectivity index (χ1) is 19.0. The fraction of sp³-hybridized carbons (Fsp3) is 0.286. The zero-order valence-electron chi connectivity index (χ0n) is 21.2. The number of hydrogen-bond acceptors (Lipinski definition) is 7. The summed E-state index contributed by atoms with van der Waals surface area (Å²) in [6, 6.07) is 22.3. The number of benzene rings is 3. The lowest BCUT2D eigenvalue weighted by Gasteiger charge is -2.24. The number of ether oxygens (including phenoxy) is 2. The third kappa shape index (κ3) is 7.58. The van der Waals surface area contributed by atoms with E-state index in [1.807, 2.05) is 48.5 Å². The van der Waals surface area contributed by atoms with Crippen LogP contribution >= 0.6 is 15.9 Å². The van der Waals surface area contributed by atoms with E-state index in [0.717, 1.165) is 16.5 Å². The first kappa shape index (κ1) is 28.1. The maximum Gasteiger partial charge on any atom is 0.266 e. The van der Waals surface area contributed by atoms with Crippen molar-refractivity contribution < 1.29 is 19.4 Å². The van der Waals surface area contributed by atoms with E-state index in [1.165, 1.54) is 0 Å². The smallest absolute Gasteiger partial charge is 0.266 e. The van der Waals surface area contributed by atoms with Gasteiger partial charge in [0.25, 0.3) is 5.91 Å². The van der Waals surface area contributed by atoms with Gasteiger partial charge in [0.15, 0.2) is 5.54 Å². The Bertz CT molecular complexity index is 1340. The van der Waals surface area contributed by atoms with Gasteiger partial charge in [-0.3, -0.25) is 10.2 Å². The van der Waals surface area contributed by atoms with Crippen LogP contribution < -0.4 is 15.6 Å². The highest BCUT2D eigenvalue weighted by molar-refractivity contribution is 9.10. The molecule has 4 rings (SSSR count). The molecule has 0 unspecified atom stereocenters. The van der Waals surface area contributed by atoms with Crippen molar-refractivity contribution in [1.82, 2.24) is 10.9 Å². The molecule has 0 bridgehead atoms. The maximum absolute atomic E-state index is 13.6. The molecule has 1 heterocycles. The van der Waals surface area contributed by atoms with Crippen LogP contribution in [0.1, 0.15) is 23.1 Å². The van der Waals surface area contributed by atoms with Crippen molar-refractivity contribution in [3.8, 4) is 5.75 Å². The highest BCUT2D eigenvalue weighted by atomic mass is 79.9. The Labute approximate surface area is 234 Å². The number of rotatable bonds is 13. The van der Waals surface area contributed by atoms with Crippen LogP contribution in [0, 0.1) is 0 Å². The number of aliphatic hydroxyl groups excluding tert-OH is 1. The van der Waals surface area contributed by atoms with Crippen molar-refractivity contribution >= 4 is 33.4 Å². The van der Waals surface area contributed by atoms with E-state index in [-0.39, 0.29) is 25.5 Å². The number of azide groups is 1. The molecule has 0 aromatic heterocycles. The van der Waals surface area contributed by atoms with Crippen molar-refractivity contribution in [2.45, 2.75) is 24.8 Å². The Hall–Kier alpha value is -3.89. The quantitative estimate of drug-likeness (QED) is 0.0861. The average Bonchev–Trinajstić information content (AvgIpc) is 3.39. The van der Waals surface area contributed by atoms with Gasteiger partial charge in [0.05, 0.1) is 6.61 Å². The molecule has 0 radical (unpaired) electrons. The summed E-state index contributed by atoms with van der Waals surface area (Å²) >= 11 is 3.43. The Morgan fingerprint density at radius 3 is 2.67 bits per heavy atom. The summed E-state index contributed by atoms with van der Waals surface area (Å²) in [6.45, 7) is 1.01. The SMILES string of the molecule is [N-]=[N+]=Nc1ccccc1C[C@@]1(C(=O)NNCCc2ccc(Br)cc2)COC(c2ccc(OCCCO)cc2)=N1. The molecule has 0 fully saturated rings. The van der Waals surface area contributed by atoms with E-state index < -0.39 is 5.54 Å². The van der Waals surface area contributed by atoms with Gasteiger partial charge in [0, 0.05) is 46.6 Å². The van der Waals surface area contributed by atoms with Crippen LogP contribution in [0.25, 0.3) is 10.4 Å². The normalized spacial score (nSPS) is 16.1. The lowest BCUT2D eigenvalue weighted by molar-refractivity contribution is -0.127. The predicted octanol–water partition coefficient (Wildman–Crippen LogP) is 4.77. The van der Waals surface area contributed by atoms with Gasteiger partial charge in [0.2, 0.25) is 5.90 Å². The van der Waals surface area contributed by atoms with Crippen molar-refractivity contribution in [3.05, 3.63) is 104 Å². The Balaban J connectivity index is 1.52. The van der Waals surface area contributed by atoms with Gasteiger partial charge < -0.3 is 14.6 Å². The molecule has 0 aliphatic carbocycles. The lowest BCUT2D eigenvalue weighted by atomic mass is 9.91. The van der Waals surface area contributed by atoms with Gasteiger partial charge in [-0.15, -0.1) is 0 Å². The summed E-state index contributed by atoms with van der Waals surface area (Å²) in [7, 11) is 0. The molecule has 1 aliphatic heterocycles. The molecule has 10 nitrogen and oxygen atoms in total. The molecule has 1 amide bonds. The van der Waals surface area contributed by atoms with Crippen molar-refractivity contribution in [2.75, 3.05) is 26.4 Å². The minimum absolute atomic E-state index is 0.0158. The van der Waals surface area contributed by atoms with Crippen LogP contribution in [0.5, 0.6) is 5.75 Å². The van der Waals surface area contributed by atoms with Gasteiger partial charge in [0.1, 0.15) is 12.4 Å². The van der Waals surface area contributed by atoms with E-state index in [2.05, 4.69) is 36.8 Å². The largest absolute Gasteiger partial charge is 0.494 e. The second kappa shape index (κ2) is 13.8. The van der Waals surface area contributed by atoms with Gasteiger partial charge in [-0.25, -0.2) is 10.4 Å². The Kier molecular flexibility index (Phi) is 9.93. The van der Waals surface area contributed by atoms with Crippen molar-refractivity contribution in [1.29, 1.82) is 0 Å². The second-order valence-electron chi connectivity index (χ2n) is 8.94. The second-order valence-corrected chi connectivity index (χ2v) is 9.86. The lowest BCUT2D eigenvalue weighted by Crippen LogP contribution is -2.53. The number of carbonyl (C=O) groups excluding carboxylic acids is 1. The van der Waals surface area contributed by atoms with E-state index in [9.17, 15) is 4.79 Å². The minimum atomic E-state index is -1.28. The fourth-order valence-corrected chi connectivity index (χ4v) is 4.33. The molecule has 202 valence electrons. The standard InChI is InChI=1S/C28H29BrN6O4/c29-23-10-6-20(7-11-23)14-15-31-34-27(37)28(18-22-4-1-2-5-25(22)33-35-30)19-39-26(32-28)21-8-12-24(13-9-21)38-17-3-16-36/h1-2,4-13,31,36H,3,14-19H2,(H,34,37)/t28-/m0/s1. The van der Waals surface area contributed by atoms with Gasteiger partial charge in [-0.2, -0.15) is 0 Å². The number of hydrazine groups is 1.